The Morgan fingerprint density at radius 1 is 0.913 bits per heavy atom. The highest BCUT2D eigenvalue weighted by Crippen LogP contribution is 2.28. The Kier molecular flexibility index (Phi) is 5.25. The van der Waals surface area contributed by atoms with Crippen molar-refractivity contribution in [3.8, 4) is 23.0 Å². The molecule has 0 radical (unpaired) electrons. The van der Waals surface area contributed by atoms with Crippen LogP contribution in [0.4, 0.5) is 0 Å². The van der Waals surface area contributed by atoms with Crippen molar-refractivity contribution in [2.75, 3.05) is 21.3 Å². The van der Waals surface area contributed by atoms with E-state index in [-0.39, 0.29) is 11.5 Å². The summed E-state index contributed by atoms with van der Waals surface area (Å²) in [5.41, 5.74) is 1.17. The number of aromatic hydroxyl groups is 1. The van der Waals surface area contributed by atoms with Crippen LogP contribution in [0.1, 0.15) is 15.9 Å². The van der Waals surface area contributed by atoms with E-state index in [0.29, 0.717) is 28.4 Å². The molecule has 2 rings (SSSR count). The minimum atomic E-state index is -0.179. The van der Waals surface area contributed by atoms with Gasteiger partial charge < -0.3 is 19.3 Å². The van der Waals surface area contributed by atoms with Gasteiger partial charge in [0.15, 0.2) is 28.8 Å². The molecule has 5 nitrogen and oxygen atoms in total. The van der Waals surface area contributed by atoms with E-state index >= 15 is 0 Å². The molecule has 2 aromatic carbocycles. The zero-order valence-corrected chi connectivity index (χ0v) is 13.2. The number of methoxy groups -OCH3 is 3. The molecule has 5 heteroatoms. The molecule has 120 valence electrons. The second-order valence-corrected chi connectivity index (χ2v) is 4.70. The second-order valence-electron chi connectivity index (χ2n) is 4.70. The molecule has 0 fully saturated rings. The average Bonchev–Trinajstić information content (AvgIpc) is 2.59. The Labute approximate surface area is 134 Å². The summed E-state index contributed by atoms with van der Waals surface area (Å²) >= 11 is 0. The van der Waals surface area contributed by atoms with Gasteiger partial charge in [0.05, 0.1) is 21.3 Å². The van der Waals surface area contributed by atoms with Gasteiger partial charge in [0.1, 0.15) is 0 Å². The van der Waals surface area contributed by atoms with Crippen LogP contribution in [0.3, 0.4) is 0 Å². The maximum Gasteiger partial charge on any atom is 0.185 e. The molecule has 0 spiro atoms. The standard InChI is InChI=1S/C18H18O5/c1-21-16-8-5-12(10-15(16)20)4-7-14(19)13-6-9-17(22-2)18(11-13)23-3/h4-11,20H,1-3H3/b7-4+. The molecule has 0 saturated heterocycles. The number of ether oxygens (including phenoxy) is 3. The molecule has 2 aromatic rings. The summed E-state index contributed by atoms with van der Waals surface area (Å²) in [5.74, 6) is 1.28. The molecular formula is C18H18O5. The largest absolute Gasteiger partial charge is 0.504 e. The Morgan fingerprint density at radius 3 is 2.17 bits per heavy atom. The van der Waals surface area contributed by atoms with Crippen molar-refractivity contribution in [3.63, 3.8) is 0 Å². The van der Waals surface area contributed by atoms with Crippen LogP contribution in [0.25, 0.3) is 6.08 Å². The minimum Gasteiger partial charge on any atom is -0.504 e. The fourth-order valence-corrected chi connectivity index (χ4v) is 2.07. The number of carbonyl (C=O) groups excluding carboxylic acids is 1. The van der Waals surface area contributed by atoms with Crippen molar-refractivity contribution < 1.29 is 24.1 Å². The second kappa shape index (κ2) is 7.35. The number of ketones is 1. The van der Waals surface area contributed by atoms with Crippen LogP contribution in [0.5, 0.6) is 23.0 Å². The Bertz CT molecular complexity index is 734. The zero-order chi connectivity index (χ0) is 16.8. The van der Waals surface area contributed by atoms with Gasteiger partial charge in [-0.3, -0.25) is 4.79 Å². The van der Waals surface area contributed by atoms with E-state index in [4.69, 9.17) is 14.2 Å². The summed E-state index contributed by atoms with van der Waals surface area (Å²) in [6.45, 7) is 0. The van der Waals surface area contributed by atoms with Crippen molar-refractivity contribution >= 4 is 11.9 Å². The summed E-state index contributed by atoms with van der Waals surface area (Å²) in [6, 6.07) is 9.87. The van der Waals surface area contributed by atoms with Gasteiger partial charge in [-0.1, -0.05) is 12.1 Å². The topological polar surface area (TPSA) is 65.0 Å². The van der Waals surface area contributed by atoms with Crippen LogP contribution >= 0.6 is 0 Å². The first kappa shape index (κ1) is 16.4. The van der Waals surface area contributed by atoms with Gasteiger partial charge in [0, 0.05) is 5.56 Å². The number of phenolic OH excluding ortho intramolecular Hbond substituents is 1. The number of carbonyl (C=O) groups is 1. The first-order valence-corrected chi connectivity index (χ1v) is 6.90. The van der Waals surface area contributed by atoms with Crippen molar-refractivity contribution in [1.29, 1.82) is 0 Å². The number of phenols is 1. The first-order valence-electron chi connectivity index (χ1n) is 6.90. The van der Waals surface area contributed by atoms with E-state index in [0.717, 1.165) is 0 Å². The van der Waals surface area contributed by atoms with E-state index in [9.17, 15) is 9.90 Å². The Morgan fingerprint density at radius 2 is 1.57 bits per heavy atom. The van der Waals surface area contributed by atoms with Gasteiger partial charge >= 0.3 is 0 Å². The molecule has 0 atom stereocenters. The number of hydrogen-bond donors (Lipinski definition) is 1. The van der Waals surface area contributed by atoms with E-state index in [1.807, 2.05) is 0 Å². The predicted molar refractivity (Wildman–Crippen MR) is 87.6 cm³/mol. The number of rotatable bonds is 6. The average molecular weight is 314 g/mol. The van der Waals surface area contributed by atoms with Crippen molar-refractivity contribution in [2.24, 2.45) is 0 Å². The summed E-state index contributed by atoms with van der Waals surface area (Å²) in [4.78, 5) is 12.2. The van der Waals surface area contributed by atoms with Gasteiger partial charge in [0.25, 0.3) is 0 Å². The van der Waals surface area contributed by atoms with Gasteiger partial charge in [-0.15, -0.1) is 0 Å². The molecule has 1 N–H and O–H groups in total. The maximum atomic E-state index is 12.2. The lowest BCUT2D eigenvalue weighted by atomic mass is 10.1. The fraction of sp³-hybridized carbons (Fsp3) is 0.167. The predicted octanol–water partition coefficient (Wildman–Crippen LogP) is 3.31. The number of hydrogen-bond acceptors (Lipinski definition) is 5. The van der Waals surface area contributed by atoms with Crippen molar-refractivity contribution in [3.05, 3.63) is 53.6 Å². The Balaban J connectivity index is 2.19. The van der Waals surface area contributed by atoms with E-state index < -0.39 is 0 Å². The summed E-state index contributed by atoms with van der Waals surface area (Å²) in [7, 11) is 4.53. The van der Waals surface area contributed by atoms with Crippen molar-refractivity contribution in [1.82, 2.24) is 0 Å². The highest BCUT2D eigenvalue weighted by Gasteiger charge is 2.08. The van der Waals surface area contributed by atoms with Gasteiger partial charge in [-0.05, 0) is 42.0 Å². The first-order chi connectivity index (χ1) is 11.1. The van der Waals surface area contributed by atoms with Gasteiger partial charge in [-0.25, -0.2) is 0 Å². The van der Waals surface area contributed by atoms with E-state index in [2.05, 4.69) is 0 Å². The zero-order valence-electron chi connectivity index (χ0n) is 13.2. The molecular weight excluding hydrogens is 296 g/mol. The van der Waals surface area contributed by atoms with Crippen LogP contribution in [0.2, 0.25) is 0 Å². The quantitative estimate of drug-likeness (QED) is 0.654. The molecule has 0 unspecified atom stereocenters. The van der Waals surface area contributed by atoms with E-state index in [1.165, 1.54) is 33.5 Å². The van der Waals surface area contributed by atoms with Gasteiger partial charge in [0.2, 0.25) is 0 Å². The lowest BCUT2D eigenvalue weighted by molar-refractivity contribution is 0.104. The molecule has 0 aliphatic carbocycles. The highest BCUT2D eigenvalue weighted by atomic mass is 16.5. The molecule has 0 aromatic heterocycles. The third-order valence-electron chi connectivity index (χ3n) is 3.30. The third-order valence-corrected chi connectivity index (χ3v) is 3.30. The van der Waals surface area contributed by atoms with Crippen molar-refractivity contribution in [2.45, 2.75) is 0 Å². The van der Waals surface area contributed by atoms with Gasteiger partial charge in [-0.2, -0.15) is 0 Å². The third kappa shape index (κ3) is 3.83. The molecule has 0 saturated carbocycles. The monoisotopic (exact) mass is 314 g/mol. The van der Waals surface area contributed by atoms with Crippen LogP contribution in [0, 0.1) is 0 Å². The van der Waals surface area contributed by atoms with E-state index in [1.54, 1.807) is 36.4 Å². The SMILES string of the molecule is COc1ccc(/C=C/C(=O)c2ccc(OC)c(OC)c2)cc1O. The summed E-state index contributed by atoms with van der Waals surface area (Å²) < 4.78 is 15.3. The molecule has 0 heterocycles. The normalized spacial score (nSPS) is 10.6. The molecule has 0 bridgehead atoms. The summed E-state index contributed by atoms with van der Waals surface area (Å²) in [6.07, 6.45) is 3.06. The number of benzene rings is 2. The summed E-state index contributed by atoms with van der Waals surface area (Å²) in [5, 5.41) is 9.73. The smallest absolute Gasteiger partial charge is 0.185 e. The molecule has 0 aliphatic heterocycles. The molecule has 23 heavy (non-hydrogen) atoms. The Hall–Kier alpha value is -2.95. The molecule has 0 amide bonds. The number of allylic oxidation sites excluding steroid dienone is 1. The highest BCUT2D eigenvalue weighted by molar-refractivity contribution is 6.07. The minimum absolute atomic E-state index is 0.0215. The van der Waals surface area contributed by atoms with Crippen LogP contribution in [0.15, 0.2) is 42.5 Å². The lowest BCUT2D eigenvalue weighted by Gasteiger charge is -2.08. The fourth-order valence-electron chi connectivity index (χ4n) is 2.07. The maximum absolute atomic E-state index is 12.2. The van der Waals surface area contributed by atoms with Crippen LogP contribution in [-0.2, 0) is 0 Å². The van der Waals surface area contributed by atoms with Crippen LogP contribution in [-0.4, -0.2) is 32.2 Å². The molecule has 0 aliphatic rings. The van der Waals surface area contributed by atoms with Crippen LogP contribution < -0.4 is 14.2 Å². The lowest BCUT2D eigenvalue weighted by Crippen LogP contribution is -1.97.